The molecule has 2 aromatic rings. The van der Waals surface area contributed by atoms with Crippen molar-refractivity contribution in [3.8, 4) is 0 Å². The van der Waals surface area contributed by atoms with Crippen LogP contribution >= 0.6 is 0 Å². The minimum absolute atomic E-state index is 0. The molecule has 0 fully saturated rings. The normalized spacial score (nSPS) is 19.4. The molecule has 3 radical (unpaired) electrons. The smallest absolute Gasteiger partial charge is 0.0581 e. The van der Waals surface area contributed by atoms with E-state index in [9.17, 15) is 0 Å². The van der Waals surface area contributed by atoms with E-state index in [0.29, 0.717) is 0 Å². The van der Waals surface area contributed by atoms with Gasteiger partial charge in [0.1, 0.15) is 0 Å². The molecule has 0 N–H and O–H groups in total. The van der Waals surface area contributed by atoms with Crippen LogP contribution in [0.1, 0.15) is 22.3 Å². The van der Waals surface area contributed by atoms with Crippen LogP contribution in [0, 0.1) is 5.41 Å². The van der Waals surface area contributed by atoms with Crippen LogP contribution in [-0.4, -0.2) is 0 Å². The third-order valence-corrected chi connectivity index (χ3v) is 5.82. The summed E-state index contributed by atoms with van der Waals surface area (Å²) in [5.74, 6) is 0. The molecule has 26 heavy (non-hydrogen) atoms. The van der Waals surface area contributed by atoms with Gasteiger partial charge in [-0.1, -0.05) is 85.0 Å². The van der Waals surface area contributed by atoms with Gasteiger partial charge < -0.3 is 0 Å². The van der Waals surface area contributed by atoms with Crippen LogP contribution in [0.2, 0.25) is 0 Å². The molecule has 121 valence electrons. The maximum atomic E-state index is 2.38. The van der Waals surface area contributed by atoms with Gasteiger partial charge in [0.05, 0.1) is 5.41 Å². The Labute approximate surface area is 153 Å². The van der Waals surface area contributed by atoms with Crippen molar-refractivity contribution in [3.05, 3.63) is 118 Å². The number of fused-ring (bicyclic) bond motifs is 8. The monoisotopic (exact) mass is 330 g/mol. The van der Waals surface area contributed by atoms with Gasteiger partial charge in [-0.05, 0) is 56.7 Å². The zero-order chi connectivity index (χ0) is 16.4. The Morgan fingerprint density at radius 3 is 1.54 bits per heavy atom. The molecule has 6 rings (SSSR count). The summed E-state index contributed by atoms with van der Waals surface area (Å²) in [4.78, 5) is 0. The minimum atomic E-state index is -0.161. The molecule has 1 nitrogen and oxygen atoms in total. The Hall–Kier alpha value is -3.16. The van der Waals surface area contributed by atoms with E-state index in [1.165, 1.54) is 44.5 Å². The van der Waals surface area contributed by atoms with Crippen LogP contribution in [0.5, 0.6) is 0 Å². The number of allylic oxidation sites excluding steroid dienone is 10. The lowest BCUT2D eigenvalue weighted by Gasteiger charge is -2.36. The maximum absolute atomic E-state index is 2.38. The fourth-order valence-electron chi connectivity index (χ4n) is 4.69. The minimum Gasteiger partial charge on any atom is -0.0657 e. The van der Waals surface area contributed by atoms with E-state index in [1.807, 2.05) is 0 Å². The lowest BCUT2D eigenvalue weighted by molar-refractivity contribution is 0.754. The Balaban J connectivity index is 0.00000150. The Bertz CT molecular complexity index is 1040. The van der Waals surface area contributed by atoms with Crippen molar-refractivity contribution in [1.29, 1.82) is 0 Å². The number of hydrogen-bond donors (Lipinski definition) is 0. The van der Waals surface area contributed by atoms with Crippen molar-refractivity contribution < 1.29 is 0 Å². The summed E-state index contributed by atoms with van der Waals surface area (Å²) in [6, 6.07) is 17.4. The predicted octanol–water partition coefficient (Wildman–Crippen LogP) is 5.59. The molecule has 4 aliphatic rings. The number of nitrogens with zero attached hydrogens (tertiary/aromatic N) is 1. The van der Waals surface area contributed by atoms with Gasteiger partial charge in [-0.3, -0.25) is 0 Å². The molecule has 0 unspecified atom stereocenters. The molecule has 1 heteroatoms. The Morgan fingerprint density at radius 2 is 1.04 bits per heavy atom. The van der Waals surface area contributed by atoms with Crippen LogP contribution in [-0.2, 0) is 0 Å². The van der Waals surface area contributed by atoms with Crippen molar-refractivity contribution in [1.82, 2.24) is 6.15 Å². The molecule has 1 spiro atoms. The average molecular weight is 330 g/mol. The quantitative estimate of drug-likeness (QED) is 0.602. The first-order chi connectivity index (χ1) is 12.4. The van der Waals surface area contributed by atoms with Gasteiger partial charge in [0.25, 0.3) is 0 Å². The summed E-state index contributed by atoms with van der Waals surface area (Å²) in [6.07, 6.45) is 18.4. The second kappa shape index (κ2) is 5.17. The summed E-state index contributed by atoms with van der Waals surface area (Å²) in [5.41, 5.74) is 10.7. The third-order valence-electron chi connectivity index (χ3n) is 5.82. The number of benzene rings is 2. The van der Waals surface area contributed by atoms with Gasteiger partial charge in [0, 0.05) is 6.15 Å². The summed E-state index contributed by atoms with van der Waals surface area (Å²) in [7, 11) is 0. The SMILES string of the molecule is C1=CC2(C=CC=C3C2=Cc2ccccc23)C2=Cc3ccccc3C2=C1.[N]. The topological polar surface area (TPSA) is 30.5 Å². The van der Waals surface area contributed by atoms with E-state index in [2.05, 4.69) is 97.1 Å². The first-order valence-corrected chi connectivity index (χ1v) is 8.80. The standard InChI is InChI=1S/C25H16.N/c1-3-9-19-17(7-1)15-23-21(19)11-5-13-25(23)14-6-12-22-20-10-4-2-8-18(20)16-24(22)25;/h1-16H;. The molecule has 2 aromatic carbocycles. The molecule has 0 bridgehead atoms. The van der Waals surface area contributed by atoms with Crippen molar-refractivity contribution in [2.45, 2.75) is 0 Å². The third kappa shape index (κ3) is 1.73. The van der Waals surface area contributed by atoms with Crippen molar-refractivity contribution in [3.63, 3.8) is 0 Å². The molecule has 0 aromatic heterocycles. The van der Waals surface area contributed by atoms with E-state index in [0.717, 1.165) is 0 Å². The summed E-state index contributed by atoms with van der Waals surface area (Å²) >= 11 is 0. The van der Waals surface area contributed by atoms with Gasteiger partial charge in [-0.25, -0.2) is 0 Å². The van der Waals surface area contributed by atoms with E-state index in [1.54, 1.807) is 0 Å². The molecular formula is C25H16N. The average Bonchev–Trinajstić information content (AvgIpc) is 3.23. The molecule has 0 aliphatic heterocycles. The molecule has 0 heterocycles. The molecule has 4 aliphatic carbocycles. The van der Waals surface area contributed by atoms with Gasteiger partial charge in [-0.2, -0.15) is 0 Å². The highest BCUT2D eigenvalue weighted by molar-refractivity contribution is 6.05. The summed E-state index contributed by atoms with van der Waals surface area (Å²) < 4.78 is 0. The second-order valence-electron chi connectivity index (χ2n) is 7.04. The lowest BCUT2D eigenvalue weighted by atomic mass is 9.65. The highest BCUT2D eigenvalue weighted by atomic mass is 14.5. The van der Waals surface area contributed by atoms with Crippen molar-refractivity contribution >= 4 is 23.3 Å². The van der Waals surface area contributed by atoms with Crippen LogP contribution in [0.25, 0.3) is 23.3 Å². The second-order valence-corrected chi connectivity index (χ2v) is 7.04. The van der Waals surface area contributed by atoms with E-state index in [-0.39, 0.29) is 11.6 Å². The first kappa shape index (κ1) is 15.1. The van der Waals surface area contributed by atoms with E-state index in [4.69, 9.17) is 0 Å². The molecule has 0 atom stereocenters. The zero-order valence-electron chi connectivity index (χ0n) is 14.2. The largest absolute Gasteiger partial charge is 0.0657 e. The van der Waals surface area contributed by atoms with Gasteiger partial charge in [0.15, 0.2) is 0 Å². The van der Waals surface area contributed by atoms with Crippen LogP contribution < -0.4 is 6.15 Å². The number of hydrogen-bond acceptors (Lipinski definition) is 0. The summed E-state index contributed by atoms with van der Waals surface area (Å²) in [6.45, 7) is 0. The molecular weight excluding hydrogens is 314 g/mol. The maximum Gasteiger partial charge on any atom is 0.0581 e. The van der Waals surface area contributed by atoms with Crippen molar-refractivity contribution in [2.24, 2.45) is 5.41 Å². The Morgan fingerprint density at radius 1 is 0.577 bits per heavy atom. The van der Waals surface area contributed by atoms with Crippen LogP contribution in [0.4, 0.5) is 0 Å². The fraction of sp³-hybridized carbons (Fsp3) is 0.0400. The predicted molar refractivity (Wildman–Crippen MR) is 108 cm³/mol. The highest BCUT2D eigenvalue weighted by Gasteiger charge is 2.43. The molecule has 0 amide bonds. The number of rotatable bonds is 0. The first-order valence-electron chi connectivity index (χ1n) is 8.80. The molecule has 0 saturated carbocycles. The van der Waals surface area contributed by atoms with Crippen LogP contribution in [0.15, 0.2) is 96.1 Å². The fourth-order valence-corrected chi connectivity index (χ4v) is 4.69. The Kier molecular flexibility index (Phi) is 3.01. The van der Waals surface area contributed by atoms with Gasteiger partial charge >= 0.3 is 0 Å². The van der Waals surface area contributed by atoms with Gasteiger partial charge in [0.2, 0.25) is 0 Å². The lowest BCUT2D eigenvalue weighted by Crippen LogP contribution is -2.24. The van der Waals surface area contributed by atoms with E-state index >= 15 is 0 Å². The molecule has 0 saturated heterocycles. The highest BCUT2D eigenvalue weighted by Crippen LogP contribution is 2.58. The van der Waals surface area contributed by atoms with Gasteiger partial charge in [-0.15, -0.1) is 0 Å². The zero-order valence-corrected chi connectivity index (χ0v) is 14.2. The van der Waals surface area contributed by atoms with E-state index < -0.39 is 0 Å². The van der Waals surface area contributed by atoms with Crippen LogP contribution in [0.3, 0.4) is 0 Å². The van der Waals surface area contributed by atoms with Crippen molar-refractivity contribution in [2.75, 3.05) is 0 Å². The summed E-state index contributed by atoms with van der Waals surface area (Å²) in [5, 5.41) is 0.